The van der Waals surface area contributed by atoms with Gasteiger partial charge in [-0.2, -0.15) is 0 Å². The van der Waals surface area contributed by atoms with Gasteiger partial charge in [-0.05, 0) is 24.8 Å². The minimum Gasteiger partial charge on any atom is -1.00 e. The van der Waals surface area contributed by atoms with E-state index in [-0.39, 0.29) is 34.6 Å². The molecule has 1 aromatic carbocycles. The zero-order valence-electron chi connectivity index (χ0n) is 11.3. The predicted molar refractivity (Wildman–Crippen MR) is 71.4 cm³/mol. The molecule has 0 radical (unpaired) electrons. The third-order valence-corrected chi connectivity index (χ3v) is 3.98. The molecule has 0 bridgehead atoms. The highest BCUT2D eigenvalue weighted by Gasteiger charge is 2.24. The lowest BCUT2D eigenvalue weighted by molar-refractivity contribution is -0.913. The van der Waals surface area contributed by atoms with Crippen LogP contribution < -0.4 is 24.0 Å². The molecular weight excluding hydrogens is 355 g/mol. The summed E-state index contributed by atoms with van der Waals surface area (Å²) in [5.74, 6) is 0. The van der Waals surface area contributed by atoms with Crippen molar-refractivity contribution in [2.45, 2.75) is 25.7 Å². The third-order valence-electron chi connectivity index (χ3n) is 3.98. The third kappa shape index (κ3) is 4.72. The molecule has 2 rings (SSSR count). The fourth-order valence-electron chi connectivity index (χ4n) is 2.68. The summed E-state index contributed by atoms with van der Waals surface area (Å²) in [5.41, 5.74) is 1.38. The second kappa shape index (κ2) is 7.19. The molecule has 1 aromatic rings. The highest BCUT2D eigenvalue weighted by atomic mass is 127. The number of non-ortho nitro benzene ring substituents is 1. The first-order chi connectivity index (χ1) is 8.59. The summed E-state index contributed by atoms with van der Waals surface area (Å²) >= 11 is 0. The van der Waals surface area contributed by atoms with Gasteiger partial charge in [-0.25, -0.2) is 0 Å². The summed E-state index contributed by atoms with van der Waals surface area (Å²) in [5, 5.41) is 10.6. The Bertz CT molecular complexity index is 414. The smallest absolute Gasteiger partial charge is 0.269 e. The maximum atomic E-state index is 10.6. The number of nitro groups is 1. The van der Waals surface area contributed by atoms with E-state index in [1.165, 1.54) is 37.9 Å². The van der Waals surface area contributed by atoms with E-state index in [9.17, 15) is 10.1 Å². The number of hydrogen-bond donors (Lipinski definition) is 0. The Morgan fingerprint density at radius 3 is 2.26 bits per heavy atom. The van der Waals surface area contributed by atoms with Crippen molar-refractivity contribution in [2.75, 3.05) is 26.7 Å². The van der Waals surface area contributed by atoms with Gasteiger partial charge >= 0.3 is 0 Å². The molecule has 1 saturated heterocycles. The van der Waals surface area contributed by atoms with E-state index in [2.05, 4.69) is 7.05 Å². The summed E-state index contributed by atoms with van der Waals surface area (Å²) in [6, 6.07) is 6.97. The maximum absolute atomic E-state index is 10.6. The van der Waals surface area contributed by atoms with Crippen LogP contribution in [0.3, 0.4) is 0 Å². The van der Waals surface area contributed by atoms with Crippen LogP contribution in [0.1, 0.15) is 24.8 Å². The van der Waals surface area contributed by atoms with E-state index in [1.807, 2.05) is 12.1 Å². The van der Waals surface area contributed by atoms with Gasteiger partial charge in [0.1, 0.15) is 0 Å². The molecule has 0 saturated carbocycles. The number of nitrogens with zero attached hydrogens (tertiary/aromatic N) is 2. The minimum atomic E-state index is -0.345. The van der Waals surface area contributed by atoms with Crippen molar-refractivity contribution in [1.82, 2.24) is 0 Å². The first-order valence-electron chi connectivity index (χ1n) is 6.66. The molecule has 5 heteroatoms. The van der Waals surface area contributed by atoms with Crippen molar-refractivity contribution in [3.63, 3.8) is 0 Å². The number of likely N-dealkylation sites (tertiary alicyclic amines) is 1. The molecule has 4 nitrogen and oxygen atoms in total. The van der Waals surface area contributed by atoms with Crippen LogP contribution in [-0.4, -0.2) is 36.1 Å². The van der Waals surface area contributed by atoms with E-state index < -0.39 is 0 Å². The van der Waals surface area contributed by atoms with Gasteiger partial charge < -0.3 is 28.5 Å². The van der Waals surface area contributed by atoms with E-state index in [0.717, 1.165) is 17.4 Å². The van der Waals surface area contributed by atoms with Crippen molar-refractivity contribution < 1.29 is 33.4 Å². The standard InChI is InChI=1S/C14H21N2O2.HI/c1-16(10-3-2-4-11-16)12-9-13-5-7-14(8-6-13)15(17)18;/h5-8H,2-4,9-12H2,1H3;1H/q+1;/p-1. The Morgan fingerprint density at radius 2 is 1.74 bits per heavy atom. The van der Waals surface area contributed by atoms with Gasteiger partial charge in [0.25, 0.3) is 5.69 Å². The molecule has 1 fully saturated rings. The Balaban J connectivity index is 0.00000180. The zero-order chi connectivity index (χ0) is 13.0. The largest absolute Gasteiger partial charge is 1.00 e. The summed E-state index contributed by atoms with van der Waals surface area (Å²) in [6.45, 7) is 3.68. The van der Waals surface area contributed by atoms with Crippen LogP contribution in [0.4, 0.5) is 5.69 Å². The van der Waals surface area contributed by atoms with Crippen LogP contribution >= 0.6 is 0 Å². The fraction of sp³-hybridized carbons (Fsp3) is 0.571. The summed E-state index contributed by atoms with van der Waals surface area (Å²) < 4.78 is 1.15. The average Bonchev–Trinajstić information content (AvgIpc) is 2.38. The van der Waals surface area contributed by atoms with E-state index in [1.54, 1.807) is 12.1 Å². The molecule has 0 aromatic heterocycles. The van der Waals surface area contributed by atoms with Crippen molar-refractivity contribution >= 4 is 5.69 Å². The maximum Gasteiger partial charge on any atom is 0.269 e. The molecule has 106 valence electrons. The van der Waals surface area contributed by atoms with Gasteiger partial charge in [0.2, 0.25) is 0 Å². The number of hydrogen-bond acceptors (Lipinski definition) is 2. The molecule has 0 N–H and O–H groups in total. The lowest BCUT2D eigenvalue weighted by Crippen LogP contribution is -3.00. The second-order valence-corrected chi connectivity index (χ2v) is 5.52. The summed E-state index contributed by atoms with van der Waals surface area (Å²) in [4.78, 5) is 10.2. The summed E-state index contributed by atoms with van der Waals surface area (Å²) in [6.07, 6.45) is 5.04. The van der Waals surface area contributed by atoms with Gasteiger partial charge in [-0.1, -0.05) is 12.1 Å². The van der Waals surface area contributed by atoms with Crippen molar-refractivity contribution in [3.05, 3.63) is 39.9 Å². The molecule has 1 aliphatic heterocycles. The van der Waals surface area contributed by atoms with Crippen LogP contribution in [0.25, 0.3) is 0 Å². The van der Waals surface area contributed by atoms with Gasteiger partial charge in [-0.3, -0.25) is 10.1 Å². The van der Waals surface area contributed by atoms with Gasteiger partial charge in [0, 0.05) is 18.6 Å². The molecule has 1 aliphatic rings. The molecule has 0 amide bonds. The normalized spacial score (nSPS) is 17.5. The molecule has 0 atom stereocenters. The van der Waals surface area contributed by atoms with Crippen LogP contribution in [0.2, 0.25) is 0 Å². The van der Waals surface area contributed by atoms with Crippen LogP contribution in [0, 0.1) is 10.1 Å². The Labute approximate surface area is 131 Å². The fourth-order valence-corrected chi connectivity index (χ4v) is 2.68. The molecule has 0 spiro atoms. The molecule has 0 aliphatic carbocycles. The lowest BCUT2D eigenvalue weighted by atomic mass is 10.1. The van der Waals surface area contributed by atoms with Crippen LogP contribution in [0.15, 0.2) is 24.3 Å². The number of halogens is 1. The lowest BCUT2D eigenvalue weighted by Gasteiger charge is -2.37. The van der Waals surface area contributed by atoms with E-state index in [4.69, 9.17) is 0 Å². The highest BCUT2D eigenvalue weighted by molar-refractivity contribution is 5.32. The SMILES string of the molecule is C[N+]1(CCc2ccc([N+](=O)[O-])cc2)CCCCC1.[I-]. The minimum absolute atomic E-state index is 0. The number of piperidine rings is 1. The number of quaternary nitrogens is 1. The molecule has 0 unspecified atom stereocenters. The number of benzene rings is 1. The van der Waals surface area contributed by atoms with Crippen LogP contribution in [-0.2, 0) is 6.42 Å². The summed E-state index contributed by atoms with van der Waals surface area (Å²) in [7, 11) is 2.32. The monoisotopic (exact) mass is 376 g/mol. The highest BCUT2D eigenvalue weighted by Crippen LogP contribution is 2.18. The number of nitro benzene ring substituents is 1. The van der Waals surface area contributed by atoms with Crippen molar-refractivity contribution in [3.8, 4) is 0 Å². The topological polar surface area (TPSA) is 43.1 Å². The zero-order valence-corrected chi connectivity index (χ0v) is 13.5. The quantitative estimate of drug-likeness (QED) is 0.316. The Kier molecular flexibility index (Phi) is 6.19. The molecular formula is C14H21IN2O2. The van der Waals surface area contributed by atoms with Crippen molar-refractivity contribution in [2.24, 2.45) is 0 Å². The first-order valence-corrected chi connectivity index (χ1v) is 6.66. The molecule has 19 heavy (non-hydrogen) atoms. The Morgan fingerprint density at radius 1 is 1.16 bits per heavy atom. The van der Waals surface area contributed by atoms with E-state index >= 15 is 0 Å². The first kappa shape index (κ1) is 16.4. The van der Waals surface area contributed by atoms with Gasteiger partial charge in [0.05, 0.1) is 31.6 Å². The predicted octanol–water partition coefficient (Wildman–Crippen LogP) is -0.228. The number of likely N-dealkylation sites (N-methyl/N-ethyl adjacent to an activating group) is 1. The van der Waals surface area contributed by atoms with Crippen molar-refractivity contribution in [1.29, 1.82) is 0 Å². The van der Waals surface area contributed by atoms with Crippen LogP contribution in [0.5, 0.6) is 0 Å². The average molecular weight is 376 g/mol. The molecule has 1 heterocycles. The van der Waals surface area contributed by atoms with Gasteiger partial charge in [-0.15, -0.1) is 0 Å². The number of rotatable bonds is 4. The van der Waals surface area contributed by atoms with Gasteiger partial charge in [0.15, 0.2) is 0 Å². The second-order valence-electron chi connectivity index (χ2n) is 5.52. The van der Waals surface area contributed by atoms with E-state index in [0.29, 0.717) is 0 Å². The Hall–Kier alpha value is -0.690.